The fourth-order valence-corrected chi connectivity index (χ4v) is 1.53. The molecule has 1 heteroatoms. The first-order valence-corrected chi connectivity index (χ1v) is 5.16. The monoisotopic (exact) mass is 211 g/mol. The molecule has 0 fully saturated rings. The van der Waals surface area contributed by atoms with E-state index in [-0.39, 0.29) is 0 Å². The molecule has 0 amide bonds. The van der Waals surface area contributed by atoms with Crippen molar-refractivity contribution in [2.24, 2.45) is 0 Å². The molecule has 1 nitrogen and oxygen atoms in total. The predicted octanol–water partition coefficient (Wildman–Crippen LogP) is 2.46. The molecular formula is C15H17N. The lowest BCUT2D eigenvalue weighted by Gasteiger charge is -1.89. The number of aryl methyl sites for hydroxylation is 1. The van der Waals surface area contributed by atoms with Crippen LogP contribution in [-0.2, 0) is 0 Å². The quantitative estimate of drug-likeness (QED) is 0.736. The summed E-state index contributed by atoms with van der Waals surface area (Å²) in [6.07, 6.45) is 13.3. The molecular weight excluding hydrogens is 194 g/mol. The number of allylic oxidation sites excluding steroid dienone is 5. The van der Waals surface area contributed by atoms with E-state index < -0.39 is 0 Å². The Morgan fingerprint density at radius 2 is 1.75 bits per heavy atom. The standard InChI is InChI=1S/C15H17N/c1-5-7-9-11-15-13(4)16-12(3)14(15)10-8-6-2/h5-11,16H,1-2,4H2,3H3/b9-7-,10-8-,15-11+. The highest BCUT2D eigenvalue weighted by molar-refractivity contribution is 5.58. The highest BCUT2D eigenvalue weighted by atomic mass is 14.7. The topological polar surface area (TPSA) is 15.8 Å². The van der Waals surface area contributed by atoms with Crippen molar-refractivity contribution in [3.63, 3.8) is 0 Å². The van der Waals surface area contributed by atoms with Crippen molar-refractivity contribution in [3.8, 4) is 0 Å². The zero-order chi connectivity index (χ0) is 12.0. The van der Waals surface area contributed by atoms with E-state index in [1.54, 1.807) is 12.2 Å². The second-order valence-corrected chi connectivity index (χ2v) is 3.44. The maximum Gasteiger partial charge on any atom is 0.0389 e. The van der Waals surface area contributed by atoms with E-state index in [2.05, 4.69) is 24.7 Å². The van der Waals surface area contributed by atoms with E-state index in [1.165, 1.54) is 0 Å². The third-order valence-electron chi connectivity index (χ3n) is 2.27. The number of H-pyrrole nitrogens is 1. The summed E-state index contributed by atoms with van der Waals surface area (Å²) < 4.78 is 0. The average Bonchev–Trinajstić information content (AvgIpc) is 2.52. The Bertz CT molecular complexity index is 539. The number of aromatic nitrogens is 1. The summed E-state index contributed by atoms with van der Waals surface area (Å²) in [5.74, 6) is 0. The van der Waals surface area contributed by atoms with Gasteiger partial charge in [-0.15, -0.1) is 0 Å². The Morgan fingerprint density at radius 3 is 2.38 bits per heavy atom. The van der Waals surface area contributed by atoms with Gasteiger partial charge in [0.25, 0.3) is 0 Å². The van der Waals surface area contributed by atoms with Gasteiger partial charge in [-0.2, -0.15) is 0 Å². The lowest BCUT2D eigenvalue weighted by molar-refractivity contribution is 1.22. The van der Waals surface area contributed by atoms with Crippen molar-refractivity contribution in [2.45, 2.75) is 6.92 Å². The molecule has 1 heterocycles. The minimum absolute atomic E-state index is 0.926. The van der Waals surface area contributed by atoms with E-state index in [0.29, 0.717) is 0 Å². The van der Waals surface area contributed by atoms with Crippen LogP contribution in [0.5, 0.6) is 0 Å². The van der Waals surface area contributed by atoms with Gasteiger partial charge in [0, 0.05) is 21.8 Å². The van der Waals surface area contributed by atoms with Gasteiger partial charge in [0.15, 0.2) is 0 Å². The fraction of sp³-hybridized carbons (Fsp3) is 0.0667. The Labute approximate surface area is 96.5 Å². The minimum Gasteiger partial charge on any atom is -0.359 e. The van der Waals surface area contributed by atoms with Crippen LogP contribution in [0, 0.1) is 6.92 Å². The van der Waals surface area contributed by atoms with E-state index in [1.807, 2.05) is 37.3 Å². The maximum absolute atomic E-state index is 3.98. The van der Waals surface area contributed by atoms with Gasteiger partial charge in [0.1, 0.15) is 0 Å². The number of rotatable bonds is 4. The van der Waals surface area contributed by atoms with Crippen molar-refractivity contribution in [3.05, 3.63) is 65.4 Å². The number of aromatic amines is 1. The van der Waals surface area contributed by atoms with Gasteiger partial charge in [-0.05, 0) is 6.92 Å². The molecule has 82 valence electrons. The second kappa shape index (κ2) is 5.76. The zero-order valence-corrected chi connectivity index (χ0v) is 9.66. The van der Waals surface area contributed by atoms with Crippen molar-refractivity contribution >= 4 is 18.7 Å². The molecule has 0 aromatic carbocycles. The number of hydrogen-bond acceptors (Lipinski definition) is 0. The SMILES string of the molecule is C=C/C=C\C=c1\c(/C=C\C=C)c(C)[nH]c1=C. The zero-order valence-electron chi connectivity index (χ0n) is 9.66. The van der Waals surface area contributed by atoms with Crippen LogP contribution in [0.4, 0.5) is 0 Å². The molecule has 0 aliphatic rings. The Morgan fingerprint density at radius 1 is 1.06 bits per heavy atom. The van der Waals surface area contributed by atoms with Gasteiger partial charge in [0.05, 0.1) is 0 Å². The molecule has 0 unspecified atom stereocenters. The van der Waals surface area contributed by atoms with Crippen LogP contribution in [0.25, 0.3) is 18.7 Å². The first kappa shape index (κ1) is 12.1. The molecule has 0 spiro atoms. The third kappa shape index (κ3) is 2.74. The molecule has 0 aliphatic heterocycles. The Balaban J connectivity index is 3.36. The van der Waals surface area contributed by atoms with E-state index in [9.17, 15) is 0 Å². The molecule has 0 saturated heterocycles. The summed E-state index contributed by atoms with van der Waals surface area (Å²) in [7, 11) is 0. The molecule has 1 aromatic rings. The molecule has 1 aromatic heterocycles. The van der Waals surface area contributed by atoms with E-state index >= 15 is 0 Å². The third-order valence-corrected chi connectivity index (χ3v) is 2.27. The van der Waals surface area contributed by atoms with Crippen molar-refractivity contribution in [2.75, 3.05) is 0 Å². The average molecular weight is 211 g/mol. The molecule has 0 saturated carbocycles. The van der Waals surface area contributed by atoms with Gasteiger partial charge < -0.3 is 4.98 Å². The van der Waals surface area contributed by atoms with Gasteiger partial charge >= 0.3 is 0 Å². The van der Waals surface area contributed by atoms with Crippen LogP contribution >= 0.6 is 0 Å². The van der Waals surface area contributed by atoms with Gasteiger partial charge in [-0.1, -0.05) is 62.3 Å². The first-order chi connectivity index (χ1) is 7.70. The summed E-state index contributed by atoms with van der Waals surface area (Å²) in [5.41, 5.74) is 2.26. The van der Waals surface area contributed by atoms with E-state index in [4.69, 9.17) is 0 Å². The largest absolute Gasteiger partial charge is 0.359 e. The van der Waals surface area contributed by atoms with Crippen molar-refractivity contribution in [1.82, 2.24) is 4.98 Å². The Hall–Kier alpha value is -2.02. The number of hydrogen-bond donors (Lipinski definition) is 1. The van der Waals surface area contributed by atoms with Crippen LogP contribution in [-0.4, -0.2) is 4.98 Å². The van der Waals surface area contributed by atoms with Gasteiger partial charge in [0.2, 0.25) is 0 Å². The normalized spacial score (nSPS) is 12.7. The summed E-state index contributed by atoms with van der Waals surface area (Å²) in [5, 5.41) is 2.03. The first-order valence-electron chi connectivity index (χ1n) is 5.16. The summed E-state index contributed by atoms with van der Waals surface area (Å²) in [4.78, 5) is 3.22. The van der Waals surface area contributed by atoms with E-state index in [0.717, 1.165) is 21.8 Å². The lowest BCUT2D eigenvalue weighted by Crippen LogP contribution is -2.21. The molecule has 16 heavy (non-hydrogen) atoms. The molecule has 0 radical (unpaired) electrons. The highest BCUT2D eigenvalue weighted by Gasteiger charge is 1.98. The van der Waals surface area contributed by atoms with Crippen LogP contribution < -0.4 is 10.6 Å². The van der Waals surface area contributed by atoms with Crippen molar-refractivity contribution in [1.29, 1.82) is 0 Å². The minimum atomic E-state index is 0.926. The summed E-state index contributed by atoms with van der Waals surface area (Å²) in [6, 6.07) is 0. The van der Waals surface area contributed by atoms with Crippen LogP contribution in [0.15, 0.2) is 43.5 Å². The maximum atomic E-state index is 3.98. The molecule has 0 bridgehead atoms. The molecule has 1 rings (SSSR count). The summed E-state index contributed by atoms with van der Waals surface area (Å²) >= 11 is 0. The van der Waals surface area contributed by atoms with Gasteiger partial charge in [-0.3, -0.25) is 0 Å². The van der Waals surface area contributed by atoms with Crippen LogP contribution in [0.1, 0.15) is 11.3 Å². The van der Waals surface area contributed by atoms with Gasteiger partial charge in [-0.25, -0.2) is 0 Å². The second-order valence-electron chi connectivity index (χ2n) is 3.44. The highest BCUT2D eigenvalue weighted by Crippen LogP contribution is 1.99. The Kier molecular flexibility index (Phi) is 4.34. The summed E-state index contributed by atoms with van der Waals surface area (Å²) in [6.45, 7) is 13.3. The van der Waals surface area contributed by atoms with Crippen molar-refractivity contribution < 1.29 is 0 Å². The number of nitrogens with one attached hydrogen (secondary N) is 1. The smallest absolute Gasteiger partial charge is 0.0389 e. The molecule has 0 atom stereocenters. The fourth-order valence-electron chi connectivity index (χ4n) is 1.53. The lowest BCUT2D eigenvalue weighted by atomic mass is 10.2. The van der Waals surface area contributed by atoms with Crippen LogP contribution in [0.2, 0.25) is 0 Å². The van der Waals surface area contributed by atoms with Crippen LogP contribution in [0.3, 0.4) is 0 Å². The predicted molar refractivity (Wildman–Crippen MR) is 73.3 cm³/mol. The molecule has 0 aliphatic carbocycles. The molecule has 1 N–H and O–H groups in total.